The molecule has 0 aromatic heterocycles. The predicted octanol–water partition coefficient (Wildman–Crippen LogP) is 2.21. The van der Waals surface area contributed by atoms with E-state index in [0.29, 0.717) is 12.5 Å². The van der Waals surface area contributed by atoms with Crippen LogP contribution in [0.4, 0.5) is 0 Å². The molecule has 0 bridgehead atoms. The van der Waals surface area contributed by atoms with Crippen LogP contribution in [0.2, 0.25) is 0 Å². The van der Waals surface area contributed by atoms with Crippen molar-refractivity contribution >= 4 is 0 Å². The van der Waals surface area contributed by atoms with Gasteiger partial charge in [-0.25, -0.2) is 5.90 Å². The molecule has 1 aromatic carbocycles. The number of nitrogens with two attached hydrogens (primary N) is 1. The third-order valence-electron chi connectivity index (χ3n) is 2.14. The van der Waals surface area contributed by atoms with Gasteiger partial charge in [0.2, 0.25) is 0 Å². The molecule has 2 N–H and O–H groups in total. The van der Waals surface area contributed by atoms with Crippen molar-refractivity contribution in [3.05, 3.63) is 29.3 Å². The topological polar surface area (TPSA) is 44.5 Å². The van der Waals surface area contributed by atoms with E-state index >= 15 is 0 Å². The number of benzene rings is 1. The van der Waals surface area contributed by atoms with Crippen LogP contribution in [0.15, 0.2) is 18.2 Å². The van der Waals surface area contributed by atoms with Gasteiger partial charge in [-0.3, -0.25) is 4.84 Å². The van der Waals surface area contributed by atoms with Gasteiger partial charge in [0.1, 0.15) is 5.75 Å². The minimum atomic E-state index is 0.414. The van der Waals surface area contributed by atoms with Gasteiger partial charge >= 0.3 is 0 Å². The maximum Gasteiger partial charge on any atom is 0.119 e. The molecular weight excluding hydrogens is 178 g/mol. The number of ether oxygens (including phenoxy) is 1. The molecule has 78 valence electrons. The highest BCUT2D eigenvalue weighted by atomic mass is 16.6. The summed E-state index contributed by atoms with van der Waals surface area (Å²) in [5.41, 5.74) is 2.27. The van der Waals surface area contributed by atoms with E-state index in [1.54, 1.807) is 7.11 Å². The molecule has 1 aromatic rings. The van der Waals surface area contributed by atoms with Gasteiger partial charge in [-0.15, -0.1) is 0 Å². The monoisotopic (exact) mass is 195 g/mol. The molecule has 0 aliphatic heterocycles. The molecular formula is C11H17NO2. The summed E-state index contributed by atoms with van der Waals surface area (Å²) in [5.74, 6) is 6.36. The first-order valence-corrected chi connectivity index (χ1v) is 4.67. The third kappa shape index (κ3) is 2.72. The molecule has 0 amide bonds. The Morgan fingerprint density at radius 1 is 1.29 bits per heavy atom. The van der Waals surface area contributed by atoms with Crippen LogP contribution in [-0.2, 0) is 11.4 Å². The van der Waals surface area contributed by atoms with E-state index in [1.807, 2.05) is 12.1 Å². The van der Waals surface area contributed by atoms with Gasteiger partial charge in [-0.05, 0) is 29.2 Å². The van der Waals surface area contributed by atoms with Crippen LogP contribution in [-0.4, -0.2) is 7.11 Å². The van der Waals surface area contributed by atoms with Gasteiger partial charge in [-0.1, -0.05) is 19.9 Å². The van der Waals surface area contributed by atoms with Crippen LogP contribution in [0.25, 0.3) is 0 Å². The Balaban J connectivity index is 3.00. The smallest absolute Gasteiger partial charge is 0.119 e. The van der Waals surface area contributed by atoms with E-state index in [9.17, 15) is 0 Å². The third-order valence-corrected chi connectivity index (χ3v) is 2.14. The summed E-state index contributed by atoms with van der Waals surface area (Å²) in [7, 11) is 1.66. The van der Waals surface area contributed by atoms with Gasteiger partial charge in [0.25, 0.3) is 0 Å². The molecule has 1 rings (SSSR count). The molecule has 0 unspecified atom stereocenters. The Labute approximate surface area is 84.8 Å². The molecule has 0 aliphatic rings. The summed E-state index contributed by atoms with van der Waals surface area (Å²) in [6.45, 7) is 4.70. The number of hydrogen-bond donors (Lipinski definition) is 1. The van der Waals surface area contributed by atoms with Crippen molar-refractivity contribution in [2.45, 2.75) is 26.4 Å². The normalized spacial score (nSPS) is 10.6. The highest BCUT2D eigenvalue weighted by molar-refractivity contribution is 5.35. The van der Waals surface area contributed by atoms with Crippen molar-refractivity contribution in [2.24, 2.45) is 5.90 Å². The van der Waals surface area contributed by atoms with Crippen LogP contribution in [0, 0.1) is 0 Å². The van der Waals surface area contributed by atoms with Crippen molar-refractivity contribution in [3.8, 4) is 5.75 Å². The van der Waals surface area contributed by atoms with Crippen molar-refractivity contribution in [3.63, 3.8) is 0 Å². The zero-order chi connectivity index (χ0) is 10.6. The summed E-state index contributed by atoms with van der Waals surface area (Å²) in [5, 5.41) is 0. The highest BCUT2D eigenvalue weighted by Gasteiger charge is 2.04. The molecule has 0 saturated carbocycles. The molecule has 0 heterocycles. The van der Waals surface area contributed by atoms with Gasteiger partial charge in [0, 0.05) is 0 Å². The molecule has 0 fully saturated rings. The van der Waals surface area contributed by atoms with Crippen molar-refractivity contribution in [1.29, 1.82) is 0 Å². The van der Waals surface area contributed by atoms with Crippen LogP contribution in [0.3, 0.4) is 0 Å². The van der Waals surface area contributed by atoms with E-state index in [1.165, 1.54) is 5.56 Å². The second-order valence-corrected chi connectivity index (χ2v) is 3.58. The fourth-order valence-corrected chi connectivity index (χ4v) is 1.32. The van der Waals surface area contributed by atoms with E-state index in [0.717, 1.165) is 11.3 Å². The highest BCUT2D eigenvalue weighted by Crippen LogP contribution is 2.23. The summed E-state index contributed by atoms with van der Waals surface area (Å²) < 4.78 is 5.20. The lowest BCUT2D eigenvalue weighted by molar-refractivity contribution is 0.124. The first-order chi connectivity index (χ1) is 6.67. The average molecular weight is 195 g/mol. The van der Waals surface area contributed by atoms with E-state index in [-0.39, 0.29) is 0 Å². The predicted molar refractivity (Wildman–Crippen MR) is 56.1 cm³/mol. The minimum absolute atomic E-state index is 0.414. The zero-order valence-electron chi connectivity index (χ0n) is 8.91. The molecule has 3 nitrogen and oxygen atoms in total. The Kier molecular flexibility index (Phi) is 3.92. The van der Waals surface area contributed by atoms with Crippen LogP contribution >= 0.6 is 0 Å². The van der Waals surface area contributed by atoms with Crippen molar-refractivity contribution < 1.29 is 9.57 Å². The maximum atomic E-state index is 5.20. The molecule has 14 heavy (non-hydrogen) atoms. The van der Waals surface area contributed by atoms with E-state index in [2.05, 4.69) is 24.8 Å². The number of rotatable bonds is 4. The fraction of sp³-hybridized carbons (Fsp3) is 0.455. The summed E-state index contributed by atoms with van der Waals surface area (Å²) in [4.78, 5) is 4.61. The second kappa shape index (κ2) is 4.98. The average Bonchev–Trinajstić information content (AvgIpc) is 2.17. The number of methoxy groups -OCH3 is 1. The Hall–Kier alpha value is -1.06. The van der Waals surface area contributed by atoms with Gasteiger partial charge in [0.05, 0.1) is 13.7 Å². The Morgan fingerprint density at radius 2 is 2.00 bits per heavy atom. The van der Waals surface area contributed by atoms with E-state index < -0.39 is 0 Å². The summed E-state index contributed by atoms with van der Waals surface area (Å²) in [6, 6.07) is 6.05. The van der Waals surface area contributed by atoms with Crippen molar-refractivity contribution in [2.75, 3.05) is 7.11 Å². The summed E-state index contributed by atoms with van der Waals surface area (Å²) >= 11 is 0. The lowest BCUT2D eigenvalue weighted by Gasteiger charge is -2.10. The molecule has 0 atom stereocenters. The summed E-state index contributed by atoms with van der Waals surface area (Å²) in [6.07, 6.45) is 0. The number of hydrogen-bond acceptors (Lipinski definition) is 3. The quantitative estimate of drug-likeness (QED) is 0.749. The maximum absolute atomic E-state index is 5.20. The van der Waals surface area contributed by atoms with E-state index in [4.69, 9.17) is 10.6 Å². The molecule has 0 aliphatic carbocycles. The van der Waals surface area contributed by atoms with Crippen LogP contribution in [0.5, 0.6) is 5.75 Å². The fourth-order valence-electron chi connectivity index (χ4n) is 1.32. The molecule has 0 radical (unpaired) electrons. The van der Waals surface area contributed by atoms with Crippen LogP contribution < -0.4 is 10.6 Å². The molecule has 0 saturated heterocycles. The van der Waals surface area contributed by atoms with Gasteiger partial charge < -0.3 is 4.74 Å². The van der Waals surface area contributed by atoms with Gasteiger partial charge in [0.15, 0.2) is 0 Å². The van der Waals surface area contributed by atoms with Crippen LogP contribution in [0.1, 0.15) is 30.9 Å². The molecule has 0 spiro atoms. The van der Waals surface area contributed by atoms with Gasteiger partial charge in [-0.2, -0.15) is 0 Å². The second-order valence-electron chi connectivity index (χ2n) is 3.58. The first kappa shape index (κ1) is 11.0. The standard InChI is InChI=1S/C11H17NO2/c1-8(2)10-4-9(7-14-12)5-11(6-10)13-3/h4-6,8H,7,12H2,1-3H3. The SMILES string of the molecule is COc1cc(CON)cc(C(C)C)c1. The van der Waals surface area contributed by atoms with Crippen molar-refractivity contribution in [1.82, 2.24) is 0 Å². The Bertz CT molecular complexity index is 297. The minimum Gasteiger partial charge on any atom is -0.497 e. The largest absolute Gasteiger partial charge is 0.497 e. The Morgan fingerprint density at radius 3 is 2.50 bits per heavy atom. The lowest BCUT2D eigenvalue weighted by Crippen LogP contribution is -2.00. The molecule has 3 heteroatoms. The lowest BCUT2D eigenvalue weighted by atomic mass is 10.0. The first-order valence-electron chi connectivity index (χ1n) is 4.67. The zero-order valence-corrected chi connectivity index (χ0v) is 8.91.